The first kappa shape index (κ1) is 11.3. The van der Waals surface area contributed by atoms with Crippen molar-refractivity contribution >= 4 is 5.69 Å². The van der Waals surface area contributed by atoms with E-state index >= 15 is 0 Å². The molecule has 0 fully saturated rings. The summed E-state index contributed by atoms with van der Waals surface area (Å²) in [5.41, 5.74) is 7.96. The van der Waals surface area contributed by atoms with Gasteiger partial charge in [-0.2, -0.15) is 0 Å². The molecule has 1 aromatic heterocycles. The molecule has 0 amide bonds. The van der Waals surface area contributed by atoms with E-state index in [0.717, 1.165) is 11.3 Å². The molecule has 4 heteroatoms. The molecule has 0 spiro atoms. The van der Waals surface area contributed by atoms with E-state index in [-0.39, 0.29) is 0 Å². The summed E-state index contributed by atoms with van der Waals surface area (Å²) in [4.78, 5) is 4.29. The van der Waals surface area contributed by atoms with Gasteiger partial charge in [0, 0.05) is 11.9 Å². The second-order valence-electron chi connectivity index (χ2n) is 3.51. The Balaban J connectivity index is 2.64. The van der Waals surface area contributed by atoms with E-state index < -0.39 is 0 Å². The molecule has 1 heterocycles. The van der Waals surface area contributed by atoms with E-state index in [1.54, 1.807) is 32.5 Å². The highest BCUT2D eigenvalue weighted by molar-refractivity contribution is 5.75. The van der Waals surface area contributed by atoms with Crippen molar-refractivity contribution in [2.45, 2.75) is 0 Å². The van der Waals surface area contributed by atoms with Crippen LogP contribution in [0.3, 0.4) is 0 Å². The number of nitrogens with two attached hydrogens (primary N) is 1. The van der Waals surface area contributed by atoms with Gasteiger partial charge in [-0.15, -0.1) is 0 Å². The quantitative estimate of drug-likeness (QED) is 0.879. The standard InChI is InChI=1S/C13H14N2O2/c1-16-11-4-3-5-12(17-2)13(11)10-8-9(14)6-7-15-10/h3-8H,1-2H3,(H2,14,15). The van der Waals surface area contributed by atoms with Gasteiger partial charge in [0.15, 0.2) is 0 Å². The Hall–Kier alpha value is -2.23. The number of nitrogen functional groups attached to an aromatic ring is 1. The molecule has 4 nitrogen and oxygen atoms in total. The lowest BCUT2D eigenvalue weighted by Gasteiger charge is -2.12. The van der Waals surface area contributed by atoms with Gasteiger partial charge in [0.2, 0.25) is 0 Å². The van der Waals surface area contributed by atoms with Crippen LogP contribution >= 0.6 is 0 Å². The SMILES string of the molecule is COc1cccc(OC)c1-c1cc(N)ccn1. The number of ether oxygens (including phenoxy) is 2. The van der Waals surface area contributed by atoms with Gasteiger partial charge in [0.1, 0.15) is 11.5 Å². The van der Waals surface area contributed by atoms with Crippen LogP contribution in [0.5, 0.6) is 11.5 Å². The molecule has 0 bridgehead atoms. The van der Waals surface area contributed by atoms with Crippen molar-refractivity contribution in [1.82, 2.24) is 4.98 Å². The molecule has 0 aliphatic carbocycles. The first-order chi connectivity index (χ1) is 8.26. The van der Waals surface area contributed by atoms with Gasteiger partial charge in [-0.3, -0.25) is 4.98 Å². The zero-order valence-corrected chi connectivity index (χ0v) is 9.81. The summed E-state index contributed by atoms with van der Waals surface area (Å²) in [7, 11) is 3.23. The Kier molecular flexibility index (Phi) is 3.14. The molecular weight excluding hydrogens is 216 g/mol. The Morgan fingerprint density at radius 3 is 2.24 bits per heavy atom. The van der Waals surface area contributed by atoms with Crippen molar-refractivity contribution in [3.63, 3.8) is 0 Å². The Labute approximate surface area is 100 Å². The minimum absolute atomic E-state index is 0.656. The van der Waals surface area contributed by atoms with Gasteiger partial charge in [-0.1, -0.05) is 6.07 Å². The third-order valence-electron chi connectivity index (χ3n) is 2.47. The maximum atomic E-state index is 5.76. The Morgan fingerprint density at radius 1 is 1.06 bits per heavy atom. The summed E-state index contributed by atoms with van der Waals surface area (Å²) in [5.74, 6) is 1.42. The van der Waals surface area contributed by atoms with Crippen molar-refractivity contribution in [2.24, 2.45) is 0 Å². The molecule has 0 unspecified atom stereocenters. The second kappa shape index (κ2) is 4.74. The van der Waals surface area contributed by atoms with E-state index in [2.05, 4.69) is 4.98 Å². The van der Waals surface area contributed by atoms with Gasteiger partial charge in [-0.25, -0.2) is 0 Å². The number of hydrogen-bond donors (Lipinski definition) is 1. The van der Waals surface area contributed by atoms with E-state index in [0.29, 0.717) is 17.2 Å². The molecule has 17 heavy (non-hydrogen) atoms. The second-order valence-corrected chi connectivity index (χ2v) is 3.51. The monoisotopic (exact) mass is 230 g/mol. The average molecular weight is 230 g/mol. The maximum absolute atomic E-state index is 5.76. The van der Waals surface area contributed by atoms with Crippen molar-refractivity contribution in [1.29, 1.82) is 0 Å². The molecule has 2 N–H and O–H groups in total. The minimum atomic E-state index is 0.656. The van der Waals surface area contributed by atoms with Crippen LogP contribution in [0.1, 0.15) is 0 Å². The van der Waals surface area contributed by atoms with Crippen LogP contribution in [-0.4, -0.2) is 19.2 Å². The number of benzene rings is 1. The highest BCUT2D eigenvalue weighted by Gasteiger charge is 2.13. The molecule has 0 atom stereocenters. The van der Waals surface area contributed by atoms with Gasteiger partial charge in [0.05, 0.1) is 25.5 Å². The van der Waals surface area contributed by atoms with Crippen molar-refractivity contribution in [2.75, 3.05) is 20.0 Å². The summed E-state index contributed by atoms with van der Waals surface area (Å²) in [6.07, 6.45) is 1.66. The summed E-state index contributed by atoms with van der Waals surface area (Å²) in [6, 6.07) is 9.13. The lowest BCUT2D eigenvalue weighted by Crippen LogP contribution is -1.95. The third-order valence-corrected chi connectivity index (χ3v) is 2.47. The summed E-state index contributed by atoms with van der Waals surface area (Å²) in [6.45, 7) is 0. The summed E-state index contributed by atoms with van der Waals surface area (Å²) in [5, 5.41) is 0. The molecule has 0 saturated heterocycles. The molecule has 0 aliphatic heterocycles. The zero-order valence-electron chi connectivity index (χ0n) is 9.81. The van der Waals surface area contributed by atoms with Gasteiger partial charge >= 0.3 is 0 Å². The highest BCUT2D eigenvalue weighted by atomic mass is 16.5. The van der Waals surface area contributed by atoms with Gasteiger partial charge < -0.3 is 15.2 Å². The highest BCUT2D eigenvalue weighted by Crippen LogP contribution is 2.37. The normalized spacial score (nSPS) is 10.0. The first-order valence-corrected chi connectivity index (χ1v) is 5.19. The molecule has 2 rings (SSSR count). The van der Waals surface area contributed by atoms with Crippen LogP contribution in [0.4, 0.5) is 5.69 Å². The Bertz CT molecular complexity index is 504. The van der Waals surface area contributed by atoms with E-state index in [9.17, 15) is 0 Å². The minimum Gasteiger partial charge on any atom is -0.496 e. The van der Waals surface area contributed by atoms with Crippen LogP contribution in [0.25, 0.3) is 11.3 Å². The number of pyridine rings is 1. The third kappa shape index (κ3) is 2.15. The largest absolute Gasteiger partial charge is 0.496 e. The van der Waals surface area contributed by atoms with Crippen molar-refractivity contribution in [3.8, 4) is 22.8 Å². The fourth-order valence-corrected chi connectivity index (χ4v) is 1.69. The number of anilines is 1. The first-order valence-electron chi connectivity index (χ1n) is 5.19. The number of methoxy groups -OCH3 is 2. The maximum Gasteiger partial charge on any atom is 0.132 e. The molecule has 2 aromatic rings. The van der Waals surface area contributed by atoms with Crippen molar-refractivity contribution in [3.05, 3.63) is 36.5 Å². The van der Waals surface area contributed by atoms with Gasteiger partial charge in [-0.05, 0) is 24.3 Å². The fraction of sp³-hybridized carbons (Fsp3) is 0.154. The smallest absolute Gasteiger partial charge is 0.132 e. The number of aromatic nitrogens is 1. The molecule has 88 valence electrons. The van der Waals surface area contributed by atoms with E-state index in [4.69, 9.17) is 15.2 Å². The molecule has 1 aromatic carbocycles. The van der Waals surface area contributed by atoms with Crippen molar-refractivity contribution < 1.29 is 9.47 Å². The van der Waals surface area contributed by atoms with Crippen LogP contribution in [0, 0.1) is 0 Å². The predicted octanol–water partition coefficient (Wildman–Crippen LogP) is 2.35. The molecule has 0 saturated carbocycles. The lowest BCUT2D eigenvalue weighted by molar-refractivity contribution is 0.397. The Morgan fingerprint density at radius 2 is 1.71 bits per heavy atom. The molecular formula is C13H14N2O2. The fourth-order valence-electron chi connectivity index (χ4n) is 1.69. The van der Waals surface area contributed by atoms with Crippen LogP contribution < -0.4 is 15.2 Å². The molecule has 0 aliphatic rings. The van der Waals surface area contributed by atoms with E-state index in [1.165, 1.54) is 0 Å². The van der Waals surface area contributed by atoms with Crippen LogP contribution in [-0.2, 0) is 0 Å². The van der Waals surface area contributed by atoms with Crippen LogP contribution in [0.15, 0.2) is 36.5 Å². The number of hydrogen-bond acceptors (Lipinski definition) is 4. The van der Waals surface area contributed by atoms with Crippen LogP contribution in [0.2, 0.25) is 0 Å². The number of rotatable bonds is 3. The average Bonchev–Trinajstić information content (AvgIpc) is 2.37. The topological polar surface area (TPSA) is 57.4 Å². The molecule has 0 radical (unpaired) electrons. The predicted molar refractivity (Wildman–Crippen MR) is 67.2 cm³/mol. The van der Waals surface area contributed by atoms with Gasteiger partial charge in [0.25, 0.3) is 0 Å². The summed E-state index contributed by atoms with van der Waals surface area (Å²) >= 11 is 0. The summed E-state index contributed by atoms with van der Waals surface area (Å²) < 4.78 is 10.6. The van der Waals surface area contributed by atoms with E-state index in [1.807, 2.05) is 18.2 Å². The zero-order chi connectivity index (χ0) is 12.3. The lowest BCUT2D eigenvalue weighted by atomic mass is 10.1. The number of nitrogens with zero attached hydrogens (tertiary/aromatic N) is 1.